The highest BCUT2D eigenvalue weighted by Crippen LogP contribution is 2.19. The summed E-state index contributed by atoms with van der Waals surface area (Å²) in [7, 11) is -3.70. The Balaban J connectivity index is 3.11. The van der Waals surface area contributed by atoms with Gasteiger partial charge in [0.25, 0.3) is 0 Å². The molecule has 1 aromatic carbocycles. The Hall–Kier alpha value is -1.40. The third-order valence-corrected chi connectivity index (χ3v) is 5.22. The molecule has 1 unspecified atom stereocenters. The normalized spacial score (nSPS) is 13.4. The Morgan fingerprint density at radius 3 is 2.38 bits per heavy atom. The van der Waals surface area contributed by atoms with E-state index in [2.05, 4.69) is 4.72 Å². The van der Waals surface area contributed by atoms with Crippen molar-refractivity contribution in [1.82, 2.24) is 4.72 Å². The van der Waals surface area contributed by atoms with E-state index in [1.54, 1.807) is 6.07 Å². The summed E-state index contributed by atoms with van der Waals surface area (Å²) in [5.74, 6) is -0.569. The molecule has 0 amide bonds. The van der Waals surface area contributed by atoms with Gasteiger partial charge in [-0.25, -0.2) is 17.9 Å². The first-order chi connectivity index (χ1) is 9.69. The molecule has 0 bridgehead atoms. The highest BCUT2D eigenvalue weighted by molar-refractivity contribution is 7.89. The third kappa shape index (κ3) is 4.54. The molecule has 0 aromatic heterocycles. The summed E-state index contributed by atoms with van der Waals surface area (Å²) in [6.45, 7) is 8.20. The van der Waals surface area contributed by atoms with Crippen LogP contribution in [0.2, 0.25) is 0 Å². The van der Waals surface area contributed by atoms with E-state index < -0.39 is 16.0 Å². The number of aryl methyl sites for hydroxylation is 1. The van der Waals surface area contributed by atoms with Crippen molar-refractivity contribution in [3.05, 3.63) is 29.3 Å². The van der Waals surface area contributed by atoms with Crippen LogP contribution in [0, 0.1) is 11.8 Å². The quantitative estimate of drug-likeness (QED) is 0.810. The van der Waals surface area contributed by atoms with Crippen LogP contribution in [-0.2, 0) is 16.4 Å². The summed E-state index contributed by atoms with van der Waals surface area (Å²) in [5, 5.41) is 9.01. The minimum Gasteiger partial charge on any atom is -0.478 e. The molecule has 1 aromatic rings. The second-order valence-electron chi connectivity index (χ2n) is 5.55. The maximum Gasteiger partial charge on any atom is 0.335 e. The van der Waals surface area contributed by atoms with Crippen LogP contribution in [0.1, 0.15) is 43.6 Å². The summed E-state index contributed by atoms with van der Waals surface area (Å²) in [6, 6.07) is 4.21. The van der Waals surface area contributed by atoms with Crippen LogP contribution in [0.3, 0.4) is 0 Å². The zero-order valence-electron chi connectivity index (χ0n) is 12.9. The topological polar surface area (TPSA) is 83.5 Å². The standard InChI is InChI=1S/C15H23NO4S/c1-5-12-6-7-13(15(17)18)8-14(12)21(19,20)16-9-11(4)10(2)3/h6-8,10-11,16H,5,9H2,1-4H3,(H,17,18). The fourth-order valence-corrected chi connectivity index (χ4v) is 3.26. The number of benzene rings is 1. The summed E-state index contributed by atoms with van der Waals surface area (Å²) >= 11 is 0. The summed E-state index contributed by atoms with van der Waals surface area (Å²) in [4.78, 5) is 11.1. The van der Waals surface area contributed by atoms with Crippen molar-refractivity contribution in [3.8, 4) is 0 Å². The Kier molecular flexibility index (Phi) is 5.92. The van der Waals surface area contributed by atoms with Crippen LogP contribution >= 0.6 is 0 Å². The molecule has 5 nitrogen and oxygen atoms in total. The van der Waals surface area contributed by atoms with Gasteiger partial charge in [-0.3, -0.25) is 0 Å². The first-order valence-corrected chi connectivity index (χ1v) is 8.53. The number of hydrogen-bond acceptors (Lipinski definition) is 3. The maximum atomic E-state index is 12.4. The lowest BCUT2D eigenvalue weighted by Gasteiger charge is -2.17. The molecule has 21 heavy (non-hydrogen) atoms. The average molecular weight is 313 g/mol. The van der Waals surface area contributed by atoms with Crippen LogP contribution < -0.4 is 4.72 Å². The van der Waals surface area contributed by atoms with Gasteiger partial charge in [-0.15, -0.1) is 0 Å². The second-order valence-corrected chi connectivity index (χ2v) is 7.29. The molecule has 0 saturated carbocycles. The van der Waals surface area contributed by atoms with Crippen LogP contribution in [-0.4, -0.2) is 26.0 Å². The molecule has 0 saturated heterocycles. The maximum absolute atomic E-state index is 12.4. The fourth-order valence-electron chi connectivity index (χ4n) is 1.78. The van der Waals surface area contributed by atoms with Gasteiger partial charge >= 0.3 is 5.97 Å². The highest BCUT2D eigenvalue weighted by Gasteiger charge is 2.21. The van der Waals surface area contributed by atoms with E-state index in [0.29, 0.717) is 24.4 Å². The zero-order valence-corrected chi connectivity index (χ0v) is 13.7. The lowest BCUT2D eigenvalue weighted by atomic mass is 9.99. The number of rotatable bonds is 7. The monoisotopic (exact) mass is 313 g/mol. The molecule has 0 spiro atoms. The van der Waals surface area contributed by atoms with E-state index in [-0.39, 0.29) is 16.4 Å². The van der Waals surface area contributed by atoms with Crippen molar-refractivity contribution >= 4 is 16.0 Å². The van der Waals surface area contributed by atoms with Crippen molar-refractivity contribution in [3.63, 3.8) is 0 Å². The van der Waals surface area contributed by atoms with Gasteiger partial charge < -0.3 is 5.11 Å². The number of aromatic carboxylic acids is 1. The Bertz CT molecular complexity index is 608. The Morgan fingerprint density at radius 1 is 1.29 bits per heavy atom. The molecule has 0 radical (unpaired) electrons. The minimum absolute atomic E-state index is 0.0236. The molecule has 0 aliphatic carbocycles. The number of carboxylic acids is 1. The molecular weight excluding hydrogens is 290 g/mol. The van der Waals surface area contributed by atoms with E-state index >= 15 is 0 Å². The molecule has 2 N–H and O–H groups in total. The van der Waals surface area contributed by atoms with Crippen molar-refractivity contribution in [1.29, 1.82) is 0 Å². The van der Waals surface area contributed by atoms with E-state index in [1.165, 1.54) is 12.1 Å². The average Bonchev–Trinajstić information content (AvgIpc) is 2.43. The fraction of sp³-hybridized carbons (Fsp3) is 0.533. The predicted octanol–water partition coefficient (Wildman–Crippen LogP) is 2.52. The molecule has 1 rings (SSSR count). The van der Waals surface area contributed by atoms with E-state index in [9.17, 15) is 13.2 Å². The lowest BCUT2D eigenvalue weighted by molar-refractivity contribution is 0.0696. The Labute approximate surface area is 126 Å². The van der Waals surface area contributed by atoms with Gasteiger partial charge in [0.05, 0.1) is 10.5 Å². The molecule has 0 aliphatic heterocycles. The number of carboxylic acid groups (broad SMARTS) is 1. The summed E-state index contributed by atoms with van der Waals surface area (Å²) in [5.41, 5.74) is 0.592. The van der Waals surface area contributed by atoms with Crippen molar-refractivity contribution in [2.45, 2.75) is 39.0 Å². The SMILES string of the molecule is CCc1ccc(C(=O)O)cc1S(=O)(=O)NCC(C)C(C)C. The smallest absolute Gasteiger partial charge is 0.335 e. The summed E-state index contributed by atoms with van der Waals surface area (Å²) < 4.78 is 27.4. The molecule has 0 heterocycles. The zero-order chi connectivity index (χ0) is 16.2. The van der Waals surface area contributed by atoms with Gasteiger partial charge in [0.2, 0.25) is 10.0 Å². The molecular formula is C15H23NO4S. The van der Waals surface area contributed by atoms with Crippen molar-refractivity contribution in [2.24, 2.45) is 11.8 Å². The number of sulfonamides is 1. The first kappa shape index (κ1) is 17.7. The van der Waals surface area contributed by atoms with Crippen LogP contribution in [0.25, 0.3) is 0 Å². The van der Waals surface area contributed by atoms with Crippen LogP contribution in [0.15, 0.2) is 23.1 Å². The molecule has 0 fully saturated rings. The van der Waals surface area contributed by atoms with Gasteiger partial charge in [-0.2, -0.15) is 0 Å². The van der Waals surface area contributed by atoms with Crippen molar-refractivity contribution < 1.29 is 18.3 Å². The molecule has 118 valence electrons. The van der Waals surface area contributed by atoms with Crippen molar-refractivity contribution in [2.75, 3.05) is 6.54 Å². The highest BCUT2D eigenvalue weighted by atomic mass is 32.2. The predicted molar refractivity (Wildman–Crippen MR) is 82.0 cm³/mol. The third-order valence-electron chi connectivity index (χ3n) is 3.72. The van der Waals surface area contributed by atoms with Gasteiger partial charge in [0, 0.05) is 6.54 Å². The number of nitrogens with one attached hydrogen (secondary N) is 1. The van der Waals surface area contributed by atoms with Gasteiger partial charge in [0.15, 0.2) is 0 Å². The van der Waals surface area contributed by atoms with Gasteiger partial charge in [-0.05, 0) is 36.0 Å². The van der Waals surface area contributed by atoms with E-state index in [0.717, 1.165) is 0 Å². The van der Waals surface area contributed by atoms with Crippen LogP contribution in [0.5, 0.6) is 0 Å². The largest absolute Gasteiger partial charge is 0.478 e. The lowest BCUT2D eigenvalue weighted by Crippen LogP contribution is -2.31. The Morgan fingerprint density at radius 2 is 1.90 bits per heavy atom. The molecule has 6 heteroatoms. The number of carbonyl (C=O) groups is 1. The summed E-state index contributed by atoms with van der Waals surface area (Å²) in [6.07, 6.45) is 0.524. The van der Waals surface area contributed by atoms with Gasteiger partial charge in [-0.1, -0.05) is 33.8 Å². The molecule has 0 aliphatic rings. The second kappa shape index (κ2) is 7.04. The van der Waals surface area contributed by atoms with E-state index in [1.807, 2.05) is 27.7 Å². The first-order valence-electron chi connectivity index (χ1n) is 7.05. The van der Waals surface area contributed by atoms with Gasteiger partial charge in [0.1, 0.15) is 0 Å². The van der Waals surface area contributed by atoms with Crippen LogP contribution in [0.4, 0.5) is 0 Å². The minimum atomic E-state index is -3.70. The van der Waals surface area contributed by atoms with E-state index in [4.69, 9.17) is 5.11 Å². The molecule has 1 atom stereocenters. The number of hydrogen-bond donors (Lipinski definition) is 2.